The maximum absolute atomic E-state index is 13.6. The van der Waals surface area contributed by atoms with Gasteiger partial charge in [-0.25, -0.2) is 4.79 Å². The van der Waals surface area contributed by atoms with Gasteiger partial charge in [0.15, 0.2) is 0 Å². The Balaban J connectivity index is 1.36. The Bertz CT molecular complexity index is 1490. The summed E-state index contributed by atoms with van der Waals surface area (Å²) in [7, 11) is 0. The van der Waals surface area contributed by atoms with Crippen LogP contribution in [0, 0.1) is 5.92 Å². The number of benzene rings is 2. The second kappa shape index (κ2) is 10.5. The summed E-state index contributed by atoms with van der Waals surface area (Å²) in [5.74, 6) is -0.882. The predicted octanol–water partition coefficient (Wildman–Crippen LogP) is 6.13. The van der Waals surface area contributed by atoms with E-state index >= 15 is 0 Å². The summed E-state index contributed by atoms with van der Waals surface area (Å²) in [5.41, 5.74) is 5.77. The lowest BCUT2D eigenvalue weighted by Gasteiger charge is -2.17. The lowest BCUT2D eigenvalue weighted by atomic mass is 9.89. The number of nitrogens with one attached hydrogen (secondary N) is 1. The predicted molar refractivity (Wildman–Crippen MR) is 152 cm³/mol. The molecule has 0 saturated carbocycles. The molecule has 206 valence electrons. The molecule has 2 N–H and O–H groups in total. The molecule has 2 aliphatic heterocycles. The van der Waals surface area contributed by atoms with Crippen LogP contribution < -0.4 is 5.32 Å². The largest absolute Gasteiger partial charge is 0.478 e. The Kier molecular flexibility index (Phi) is 6.90. The average Bonchev–Trinajstić information content (AvgIpc) is 3.65. The van der Waals surface area contributed by atoms with Crippen molar-refractivity contribution in [1.29, 1.82) is 0 Å². The van der Waals surface area contributed by atoms with Gasteiger partial charge in [-0.3, -0.25) is 14.6 Å². The van der Waals surface area contributed by atoms with Crippen molar-refractivity contribution >= 4 is 17.8 Å². The molecule has 2 amide bonds. The monoisotopic (exact) mass is 537 g/mol. The fourth-order valence-corrected chi connectivity index (χ4v) is 6.66. The topological polar surface area (TPSA) is 99.6 Å². The summed E-state index contributed by atoms with van der Waals surface area (Å²) >= 11 is 0. The molecule has 3 aromatic rings. The SMILES string of the molecule is CC(C)CCCc1nc2c(c(-c3ccc(C(=O)N[C@@H]4CCc5ccccc54)cc3)c1C(=O)O)C(=O)N1CCC[C@@H]21. The van der Waals surface area contributed by atoms with Crippen LogP contribution in [0.25, 0.3) is 11.1 Å². The van der Waals surface area contributed by atoms with Crippen molar-refractivity contribution in [3.05, 3.63) is 87.7 Å². The molecule has 2 aromatic carbocycles. The highest BCUT2D eigenvalue weighted by atomic mass is 16.4. The van der Waals surface area contributed by atoms with Gasteiger partial charge in [-0.05, 0) is 73.3 Å². The van der Waals surface area contributed by atoms with E-state index in [1.165, 1.54) is 5.56 Å². The summed E-state index contributed by atoms with van der Waals surface area (Å²) in [6.07, 6.45) is 5.92. The van der Waals surface area contributed by atoms with E-state index in [1.54, 1.807) is 24.3 Å². The van der Waals surface area contributed by atoms with Gasteiger partial charge in [-0.15, -0.1) is 0 Å². The van der Waals surface area contributed by atoms with Crippen molar-refractivity contribution in [1.82, 2.24) is 15.2 Å². The fraction of sp³-hybridized carbons (Fsp3) is 0.394. The summed E-state index contributed by atoms with van der Waals surface area (Å²) in [6, 6.07) is 15.1. The summed E-state index contributed by atoms with van der Waals surface area (Å²) in [4.78, 5) is 46.1. The van der Waals surface area contributed by atoms with Crippen LogP contribution in [-0.2, 0) is 12.8 Å². The van der Waals surface area contributed by atoms with Crippen LogP contribution in [0.2, 0.25) is 0 Å². The third-order valence-electron chi connectivity index (χ3n) is 8.63. The van der Waals surface area contributed by atoms with E-state index in [0.717, 1.165) is 44.1 Å². The minimum Gasteiger partial charge on any atom is -0.478 e. The Morgan fingerprint density at radius 3 is 2.60 bits per heavy atom. The van der Waals surface area contributed by atoms with Gasteiger partial charge in [0.2, 0.25) is 0 Å². The van der Waals surface area contributed by atoms with Crippen molar-refractivity contribution in [2.75, 3.05) is 6.54 Å². The Morgan fingerprint density at radius 1 is 1.07 bits per heavy atom. The van der Waals surface area contributed by atoms with Crippen LogP contribution >= 0.6 is 0 Å². The number of aromatic carboxylic acids is 1. The second-order valence-corrected chi connectivity index (χ2v) is 11.7. The van der Waals surface area contributed by atoms with Crippen molar-refractivity contribution < 1.29 is 19.5 Å². The van der Waals surface area contributed by atoms with E-state index in [-0.39, 0.29) is 29.5 Å². The zero-order valence-electron chi connectivity index (χ0n) is 23.1. The van der Waals surface area contributed by atoms with E-state index in [1.807, 2.05) is 17.0 Å². The first-order valence-corrected chi connectivity index (χ1v) is 14.4. The molecular formula is C33H35N3O4. The first-order chi connectivity index (χ1) is 19.3. The number of carboxylic acid groups (broad SMARTS) is 1. The third kappa shape index (κ3) is 4.57. The van der Waals surface area contributed by atoms with Gasteiger partial charge >= 0.3 is 5.97 Å². The first kappa shape index (κ1) is 26.2. The van der Waals surface area contributed by atoms with Crippen molar-refractivity contribution in [3.8, 4) is 11.1 Å². The van der Waals surface area contributed by atoms with Gasteiger partial charge in [0, 0.05) is 17.7 Å². The third-order valence-corrected chi connectivity index (χ3v) is 8.63. The van der Waals surface area contributed by atoms with Gasteiger partial charge < -0.3 is 15.3 Å². The maximum atomic E-state index is 13.6. The highest BCUT2D eigenvalue weighted by Gasteiger charge is 2.44. The number of amides is 2. The number of hydrogen-bond donors (Lipinski definition) is 2. The first-order valence-electron chi connectivity index (χ1n) is 14.4. The Labute approximate surface area is 234 Å². The van der Waals surface area contributed by atoms with Crippen LogP contribution in [0.15, 0.2) is 48.5 Å². The Morgan fingerprint density at radius 2 is 1.85 bits per heavy atom. The normalized spacial score (nSPS) is 19.1. The molecule has 3 heterocycles. The number of hydrogen-bond acceptors (Lipinski definition) is 4. The van der Waals surface area contributed by atoms with Crippen LogP contribution in [0.3, 0.4) is 0 Å². The van der Waals surface area contributed by atoms with Gasteiger partial charge in [-0.1, -0.05) is 56.7 Å². The van der Waals surface area contributed by atoms with E-state index in [9.17, 15) is 19.5 Å². The van der Waals surface area contributed by atoms with Crippen LogP contribution in [-0.4, -0.2) is 39.3 Å². The standard InChI is InChI=1S/C33H35N3O4/c1-19(2)7-5-10-25-28(33(39)40)27(29-30(34-25)26-11-6-18-36(26)32(29)38)21-12-14-22(15-13-21)31(37)35-24-17-16-20-8-3-4-9-23(20)24/h3-4,8-9,12-15,19,24,26H,5-7,10-11,16-18H2,1-2H3,(H,35,37)(H,39,40)/t24-,26+/m1/s1. The summed E-state index contributed by atoms with van der Waals surface area (Å²) in [6.45, 7) is 4.96. The Hall–Kier alpha value is -4.00. The van der Waals surface area contributed by atoms with Gasteiger partial charge in [0.05, 0.1) is 34.6 Å². The van der Waals surface area contributed by atoms with E-state index in [0.29, 0.717) is 52.5 Å². The van der Waals surface area contributed by atoms with Crippen molar-refractivity contribution in [2.24, 2.45) is 5.92 Å². The second-order valence-electron chi connectivity index (χ2n) is 11.7. The van der Waals surface area contributed by atoms with Crippen LogP contribution in [0.5, 0.6) is 0 Å². The minimum absolute atomic E-state index is 0.0232. The number of carboxylic acids is 1. The number of carbonyl (C=O) groups excluding carboxylic acids is 2. The lowest BCUT2D eigenvalue weighted by molar-refractivity contribution is 0.0695. The van der Waals surface area contributed by atoms with Crippen molar-refractivity contribution in [3.63, 3.8) is 0 Å². The molecule has 7 heteroatoms. The number of fused-ring (bicyclic) bond motifs is 4. The smallest absolute Gasteiger partial charge is 0.338 e. The van der Waals surface area contributed by atoms with Gasteiger partial charge in [0.25, 0.3) is 11.8 Å². The molecule has 2 atom stereocenters. The molecule has 0 bridgehead atoms. The summed E-state index contributed by atoms with van der Waals surface area (Å²) < 4.78 is 0. The van der Waals surface area contributed by atoms with Crippen LogP contribution in [0.4, 0.5) is 0 Å². The van der Waals surface area contributed by atoms with E-state index < -0.39 is 5.97 Å². The highest BCUT2D eigenvalue weighted by molar-refractivity contribution is 6.10. The molecule has 40 heavy (non-hydrogen) atoms. The lowest BCUT2D eigenvalue weighted by Crippen LogP contribution is -2.27. The number of carbonyl (C=O) groups is 3. The van der Waals surface area contributed by atoms with Gasteiger partial charge in [-0.2, -0.15) is 0 Å². The number of nitrogens with zero attached hydrogens (tertiary/aromatic N) is 2. The molecular weight excluding hydrogens is 502 g/mol. The summed E-state index contributed by atoms with van der Waals surface area (Å²) in [5, 5.41) is 13.5. The average molecular weight is 538 g/mol. The molecule has 1 saturated heterocycles. The van der Waals surface area contributed by atoms with E-state index in [2.05, 4.69) is 31.3 Å². The quantitative estimate of drug-likeness (QED) is 0.360. The minimum atomic E-state index is -1.08. The van der Waals surface area contributed by atoms with Gasteiger partial charge in [0.1, 0.15) is 0 Å². The van der Waals surface area contributed by atoms with Crippen LogP contribution in [0.1, 0.15) is 112 Å². The highest BCUT2D eigenvalue weighted by Crippen LogP contribution is 2.45. The maximum Gasteiger partial charge on any atom is 0.338 e. The molecule has 0 spiro atoms. The molecule has 3 aliphatic rings. The fourth-order valence-electron chi connectivity index (χ4n) is 6.66. The van der Waals surface area contributed by atoms with Crippen molar-refractivity contribution in [2.45, 2.75) is 70.9 Å². The molecule has 1 aromatic heterocycles. The van der Waals surface area contributed by atoms with E-state index in [4.69, 9.17) is 4.98 Å². The number of pyridine rings is 1. The molecule has 7 nitrogen and oxygen atoms in total. The molecule has 1 fully saturated rings. The number of aromatic nitrogens is 1. The number of rotatable bonds is 8. The molecule has 0 unspecified atom stereocenters. The number of aryl methyl sites for hydroxylation is 2. The molecule has 6 rings (SSSR count). The zero-order chi connectivity index (χ0) is 28.0. The zero-order valence-corrected chi connectivity index (χ0v) is 23.1. The molecule has 0 radical (unpaired) electrons. The molecule has 1 aliphatic carbocycles.